The summed E-state index contributed by atoms with van der Waals surface area (Å²) in [6.45, 7) is 0. The summed E-state index contributed by atoms with van der Waals surface area (Å²) < 4.78 is 3.38. The van der Waals surface area contributed by atoms with Gasteiger partial charge in [-0.3, -0.25) is 4.68 Å². The highest BCUT2D eigenvalue weighted by Crippen LogP contribution is 2.15. The number of hydrogen-bond acceptors (Lipinski definition) is 5. The molecule has 0 saturated carbocycles. The minimum atomic E-state index is 0.234. The second-order valence-corrected chi connectivity index (χ2v) is 3.44. The van der Waals surface area contributed by atoms with Gasteiger partial charge in [0.15, 0.2) is 5.65 Å². The maximum absolute atomic E-state index is 5.55. The van der Waals surface area contributed by atoms with Crippen LogP contribution in [0.3, 0.4) is 0 Å². The summed E-state index contributed by atoms with van der Waals surface area (Å²) in [6.07, 6.45) is 6.91. The van der Waals surface area contributed by atoms with Crippen LogP contribution in [0, 0.1) is 0 Å². The lowest BCUT2D eigenvalue weighted by molar-refractivity contribution is 0.766. The SMILES string of the molecule is Cn1cc(-n2ncc3cnc(N)nc32)cn1. The molecule has 3 aromatic heterocycles. The van der Waals surface area contributed by atoms with E-state index in [1.807, 2.05) is 13.2 Å². The van der Waals surface area contributed by atoms with Gasteiger partial charge in [-0.25, -0.2) is 9.67 Å². The molecular formula is C9H9N7. The van der Waals surface area contributed by atoms with Crippen molar-refractivity contribution in [3.05, 3.63) is 24.8 Å². The molecule has 16 heavy (non-hydrogen) atoms. The third kappa shape index (κ3) is 1.22. The highest BCUT2D eigenvalue weighted by molar-refractivity contribution is 5.75. The number of nitrogen functional groups attached to an aromatic ring is 1. The van der Waals surface area contributed by atoms with Crippen LogP contribution in [0.5, 0.6) is 0 Å². The minimum Gasteiger partial charge on any atom is -0.368 e. The van der Waals surface area contributed by atoms with Crippen molar-refractivity contribution < 1.29 is 0 Å². The Bertz CT molecular complexity index is 651. The first-order chi connectivity index (χ1) is 7.74. The van der Waals surface area contributed by atoms with E-state index in [9.17, 15) is 0 Å². The number of rotatable bonds is 1. The molecule has 0 radical (unpaired) electrons. The first kappa shape index (κ1) is 8.84. The zero-order chi connectivity index (χ0) is 11.1. The van der Waals surface area contributed by atoms with Crippen molar-refractivity contribution in [3.63, 3.8) is 0 Å². The molecule has 3 aromatic rings. The van der Waals surface area contributed by atoms with Gasteiger partial charge in [0.25, 0.3) is 0 Å². The fourth-order valence-corrected chi connectivity index (χ4v) is 1.54. The molecule has 2 N–H and O–H groups in total. The first-order valence-corrected chi connectivity index (χ1v) is 4.69. The first-order valence-electron chi connectivity index (χ1n) is 4.69. The molecule has 0 atom stereocenters. The lowest BCUT2D eigenvalue weighted by atomic mass is 10.4. The topological polar surface area (TPSA) is 87.4 Å². The van der Waals surface area contributed by atoms with Crippen molar-refractivity contribution in [2.45, 2.75) is 0 Å². The van der Waals surface area contributed by atoms with E-state index in [2.05, 4.69) is 20.2 Å². The van der Waals surface area contributed by atoms with Gasteiger partial charge in [0.1, 0.15) is 5.69 Å². The fourth-order valence-electron chi connectivity index (χ4n) is 1.54. The number of nitrogens with two attached hydrogens (primary N) is 1. The van der Waals surface area contributed by atoms with Crippen LogP contribution in [0.2, 0.25) is 0 Å². The molecule has 0 amide bonds. The molecule has 80 valence electrons. The summed E-state index contributed by atoms with van der Waals surface area (Å²) in [7, 11) is 1.85. The fraction of sp³-hybridized carbons (Fsp3) is 0.111. The van der Waals surface area contributed by atoms with E-state index in [4.69, 9.17) is 5.73 Å². The number of nitrogens with zero attached hydrogens (tertiary/aromatic N) is 6. The van der Waals surface area contributed by atoms with Crippen LogP contribution < -0.4 is 5.73 Å². The van der Waals surface area contributed by atoms with Crippen LogP contribution in [-0.2, 0) is 7.05 Å². The van der Waals surface area contributed by atoms with E-state index in [1.165, 1.54) is 0 Å². The Morgan fingerprint density at radius 1 is 1.19 bits per heavy atom. The van der Waals surface area contributed by atoms with E-state index in [-0.39, 0.29) is 5.95 Å². The van der Waals surface area contributed by atoms with E-state index in [0.717, 1.165) is 11.1 Å². The Labute approximate surface area is 90.5 Å². The summed E-state index contributed by atoms with van der Waals surface area (Å²) in [6, 6.07) is 0. The molecule has 0 aliphatic carbocycles. The van der Waals surface area contributed by atoms with Gasteiger partial charge in [-0.05, 0) is 0 Å². The van der Waals surface area contributed by atoms with Crippen molar-refractivity contribution in [2.75, 3.05) is 5.73 Å². The second kappa shape index (κ2) is 3.02. The molecule has 0 saturated heterocycles. The Balaban J connectivity index is 2.27. The van der Waals surface area contributed by atoms with Crippen molar-refractivity contribution in [3.8, 4) is 5.69 Å². The predicted molar refractivity (Wildman–Crippen MR) is 57.8 cm³/mol. The quantitative estimate of drug-likeness (QED) is 0.623. The Hall–Kier alpha value is -2.44. The summed E-state index contributed by atoms with van der Waals surface area (Å²) >= 11 is 0. The zero-order valence-electron chi connectivity index (χ0n) is 8.57. The molecule has 7 heteroatoms. The molecule has 0 aromatic carbocycles. The van der Waals surface area contributed by atoms with Crippen LogP contribution >= 0.6 is 0 Å². The number of aryl methyl sites for hydroxylation is 1. The van der Waals surface area contributed by atoms with Gasteiger partial charge in [0.05, 0.1) is 24.0 Å². The van der Waals surface area contributed by atoms with Crippen LogP contribution in [0.25, 0.3) is 16.7 Å². The standard InChI is InChI=1S/C9H9N7/c1-15-5-7(4-12-15)16-8-6(3-13-16)2-11-9(10)14-8/h2-5H,1H3,(H2,10,11,14). The highest BCUT2D eigenvalue weighted by Gasteiger charge is 2.08. The minimum absolute atomic E-state index is 0.234. The van der Waals surface area contributed by atoms with E-state index < -0.39 is 0 Å². The third-order valence-electron chi connectivity index (χ3n) is 2.26. The smallest absolute Gasteiger partial charge is 0.222 e. The molecule has 3 rings (SSSR count). The van der Waals surface area contributed by atoms with Crippen molar-refractivity contribution in [1.82, 2.24) is 29.5 Å². The average molecular weight is 215 g/mol. The van der Waals surface area contributed by atoms with Gasteiger partial charge in [-0.1, -0.05) is 0 Å². The maximum atomic E-state index is 5.55. The van der Waals surface area contributed by atoms with Crippen LogP contribution in [0.15, 0.2) is 24.8 Å². The molecule has 0 bridgehead atoms. The van der Waals surface area contributed by atoms with Gasteiger partial charge in [0, 0.05) is 13.2 Å². The molecule has 0 aliphatic rings. The van der Waals surface area contributed by atoms with Crippen LogP contribution in [0.1, 0.15) is 0 Å². The summed E-state index contributed by atoms with van der Waals surface area (Å²) in [5.41, 5.74) is 7.08. The van der Waals surface area contributed by atoms with E-state index in [1.54, 1.807) is 28.0 Å². The van der Waals surface area contributed by atoms with Crippen LogP contribution in [0.4, 0.5) is 5.95 Å². The Kier molecular flexibility index (Phi) is 1.67. The number of anilines is 1. The molecule has 0 spiro atoms. The Morgan fingerprint density at radius 2 is 2.06 bits per heavy atom. The summed E-state index contributed by atoms with van der Waals surface area (Å²) in [4.78, 5) is 8.06. The normalized spacial score (nSPS) is 11.1. The lowest BCUT2D eigenvalue weighted by Crippen LogP contribution is -1.99. The monoisotopic (exact) mass is 215 g/mol. The highest BCUT2D eigenvalue weighted by atomic mass is 15.3. The Morgan fingerprint density at radius 3 is 2.81 bits per heavy atom. The molecule has 0 aliphatic heterocycles. The van der Waals surface area contributed by atoms with Gasteiger partial charge < -0.3 is 5.73 Å². The number of aromatic nitrogens is 6. The number of hydrogen-bond donors (Lipinski definition) is 1. The maximum Gasteiger partial charge on any atom is 0.222 e. The van der Waals surface area contributed by atoms with Crippen LogP contribution in [-0.4, -0.2) is 29.5 Å². The van der Waals surface area contributed by atoms with Crippen molar-refractivity contribution >= 4 is 17.0 Å². The zero-order valence-corrected chi connectivity index (χ0v) is 8.57. The molecular weight excluding hydrogens is 206 g/mol. The van der Waals surface area contributed by atoms with Gasteiger partial charge in [-0.15, -0.1) is 0 Å². The van der Waals surface area contributed by atoms with E-state index in [0.29, 0.717) is 5.65 Å². The van der Waals surface area contributed by atoms with Crippen molar-refractivity contribution in [2.24, 2.45) is 7.05 Å². The second-order valence-electron chi connectivity index (χ2n) is 3.44. The number of fused-ring (bicyclic) bond motifs is 1. The third-order valence-corrected chi connectivity index (χ3v) is 2.26. The predicted octanol–water partition coefficient (Wildman–Crippen LogP) is 0.131. The molecule has 3 heterocycles. The van der Waals surface area contributed by atoms with Gasteiger partial charge >= 0.3 is 0 Å². The van der Waals surface area contributed by atoms with Crippen molar-refractivity contribution in [1.29, 1.82) is 0 Å². The van der Waals surface area contributed by atoms with E-state index >= 15 is 0 Å². The molecule has 0 fully saturated rings. The van der Waals surface area contributed by atoms with Gasteiger partial charge in [-0.2, -0.15) is 15.2 Å². The molecule has 7 nitrogen and oxygen atoms in total. The van der Waals surface area contributed by atoms with Gasteiger partial charge in [0.2, 0.25) is 5.95 Å². The molecule has 0 unspecified atom stereocenters. The summed E-state index contributed by atoms with van der Waals surface area (Å²) in [5.74, 6) is 0.234. The average Bonchev–Trinajstić information content (AvgIpc) is 2.83. The largest absolute Gasteiger partial charge is 0.368 e. The summed E-state index contributed by atoms with van der Waals surface area (Å²) in [5, 5.41) is 9.15. The lowest BCUT2D eigenvalue weighted by Gasteiger charge is -1.98.